The fourth-order valence-corrected chi connectivity index (χ4v) is 3.39. The van der Waals surface area contributed by atoms with Crippen LogP contribution in [0.4, 0.5) is 5.95 Å². The number of halogens is 1. The predicted molar refractivity (Wildman–Crippen MR) is 102 cm³/mol. The summed E-state index contributed by atoms with van der Waals surface area (Å²) in [5.41, 5.74) is 2.34. The van der Waals surface area contributed by atoms with Crippen molar-refractivity contribution in [1.82, 2.24) is 15.3 Å². The molecule has 0 fully saturated rings. The van der Waals surface area contributed by atoms with E-state index in [4.69, 9.17) is 11.6 Å². The molecule has 0 radical (unpaired) electrons. The van der Waals surface area contributed by atoms with Crippen molar-refractivity contribution >= 4 is 28.9 Å². The van der Waals surface area contributed by atoms with Gasteiger partial charge in [-0.15, -0.1) is 11.3 Å². The Labute approximate surface area is 150 Å². The number of aromatic nitrogens is 2. The minimum atomic E-state index is 0.638. The fraction of sp³-hybridized carbons (Fsp3) is 0.222. The minimum absolute atomic E-state index is 0.638. The van der Waals surface area contributed by atoms with E-state index in [1.807, 2.05) is 31.6 Å². The molecule has 0 aliphatic rings. The van der Waals surface area contributed by atoms with E-state index in [0.29, 0.717) is 5.95 Å². The van der Waals surface area contributed by atoms with Gasteiger partial charge in [-0.2, -0.15) is 0 Å². The average molecular weight is 359 g/mol. The Morgan fingerprint density at radius 1 is 1.04 bits per heavy atom. The van der Waals surface area contributed by atoms with Crippen LogP contribution >= 0.6 is 22.9 Å². The van der Waals surface area contributed by atoms with Crippen LogP contribution in [0.1, 0.15) is 10.4 Å². The first-order valence-corrected chi connectivity index (χ1v) is 8.98. The van der Waals surface area contributed by atoms with Gasteiger partial charge in [0.2, 0.25) is 5.95 Å². The van der Waals surface area contributed by atoms with E-state index in [1.165, 1.54) is 15.3 Å². The lowest BCUT2D eigenvalue weighted by molar-refractivity contribution is 0.693. The topological polar surface area (TPSA) is 49.8 Å². The average Bonchev–Trinajstić information content (AvgIpc) is 3.09. The number of benzene rings is 1. The summed E-state index contributed by atoms with van der Waals surface area (Å²) in [7, 11) is 1.81. The predicted octanol–water partition coefficient (Wildman–Crippen LogP) is 4.23. The molecule has 2 heterocycles. The number of hydrogen-bond acceptors (Lipinski definition) is 5. The first-order valence-electron chi connectivity index (χ1n) is 7.78. The second-order valence-electron chi connectivity index (χ2n) is 5.36. The molecule has 4 nitrogen and oxygen atoms in total. The molecule has 2 aromatic heterocycles. The van der Waals surface area contributed by atoms with Gasteiger partial charge in [-0.3, -0.25) is 0 Å². The molecule has 0 saturated heterocycles. The molecule has 0 unspecified atom stereocenters. The van der Waals surface area contributed by atoms with Crippen LogP contribution in [0.2, 0.25) is 5.02 Å². The zero-order chi connectivity index (χ0) is 16.8. The van der Waals surface area contributed by atoms with E-state index in [9.17, 15) is 0 Å². The third kappa shape index (κ3) is 4.54. The molecule has 3 aromatic rings. The van der Waals surface area contributed by atoms with Gasteiger partial charge >= 0.3 is 0 Å². The molecule has 0 spiro atoms. The molecule has 0 atom stereocenters. The van der Waals surface area contributed by atoms with Crippen LogP contribution < -0.4 is 10.6 Å². The van der Waals surface area contributed by atoms with Crippen molar-refractivity contribution < 1.29 is 0 Å². The van der Waals surface area contributed by atoms with Gasteiger partial charge in [0.15, 0.2) is 0 Å². The molecule has 24 heavy (non-hydrogen) atoms. The summed E-state index contributed by atoms with van der Waals surface area (Å²) >= 11 is 7.66. The van der Waals surface area contributed by atoms with E-state index in [-0.39, 0.29) is 0 Å². The summed E-state index contributed by atoms with van der Waals surface area (Å²) in [5.74, 6) is 0.638. The van der Waals surface area contributed by atoms with Crippen LogP contribution in [0.15, 0.2) is 48.8 Å². The van der Waals surface area contributed by atoms with Gasteiger partial charge in [0.25, 0.3) is 0 Å². The van der Waals surface area contributed by atoms with E-state index in [2.05, 4.69) is 44.9 Å². The molecule has 2 N–H and O–H groups in total. The van der Waals surface area contributed by atoms with Gasteiger partial charge in [-0.25, -0.2) is 9.97 Å². The SMILES string of the molecule is CNc1ncc(-c2ccc(CNCCc3ccc(Cl)cc3)s2)cn1. The number of anilines is 1. The third-order valence-electron chi connectivity index (χ3n) is 3.62. The van der Waals surface area contributed by atoms with Crippen molar-refractivity contribution in [2.24, 2.45) is 0 Å². The summed E-state index contributed by atoms with van der Waals surface area (Å²) in [5, 5.41) is 7.19. The van der Waals surface area contributed by atoms with Crippen molar-refractivity contribution in [2.75, 3.05) is 18.9 Å². The van der Waals surface area contributed by atoms with Crippen LogP contribution in [0, 0.1) is 0 Å². The monoisotopic (exact) mass is 358 g/mol. The van der Waals surface area contributed by atoms with E-state index in [1.54, 1.807) is 11.3 Å². The van der Waals surface area contributed by atoms with E-state index < -0.39 is 0 Å². The number of rotatable bonds is 7. The Hall–Kier alpha value is -1.95. The summed E-state index contributed by atoms with van der Waals surface area (Å²) in [6.45, 7) is 1.81. The summed E-state index contributed by atoms with van der Waals surface area (Å²) in [6.07, 6.45) is 4.69. The second kappa shape index (κ2) is 8.24. The zero-order valence-corrected chi connectivity index (χ0v) is 15.0. The molecule has 124 valence electrons. The molecular weight excluding hydrogens is 340 g/mol. The zero-order valence-electron chi connectivity index (χ0n) is 13.4. The molecule has 0 aliphatic carbocycles. The maximum absolute atomic E-state index is 5.90. The van der Waals surface area contributed by atoms with Gasteiger partial charge in [0.05, 0.1) is 0 Å². The molecule has 0 saturated carbocycles. The molecule has 0 aliphatic heterocycles. The molecule has 3 rings (SSSR count). The van der Waals surface area contributed by atoms with Crippen LogP contribution in [0.5, 0.6) is 0 Å². The maximum Gasteiger partial charge on any atom is 0.222 e. The number of nitrogens with zero attached hydrogens (tertiary/aromatic N) is 2. The quantitative estimate of drug-likeness (QED) is 0.620. The number of thiophene rings is 1. The second-order valence-corrected chi connectivity index (χ2v) is 6.97. The Morgan fingerprint density at radius 3 is 2.50 bits per heavy atom. The highest BCUT2D eigenvalue weighted by atomic mass is 35.5. The van der Waals surface area contributed by atoms with E-state index in [0.717, 1.165) is 30.1 Å². The van der Waals surface area contributed by atoms with Crippen LogP contribution in [0.25, 0.3) is 10.4 Å². The highest BCUT2D eigenvalue weighted by molar-refractivity contribution is 7.15. The lowest BCUT2D eigenvalue weighted by Crippen LogP contribution is -2.15. The Kier molecular flexibility index (Phi) is 5.80. The van der Waals surface area contributed by atoms with Crippen molar-refractivity contribution in [3.63, 3.8) is 0 Å². The van der Waals surface area contributed by atoms with E-state index >= 15 is 0 Å². The summed E-state index contributed by atoms with van der Waals surface area (Å²) in [4.78, 5) is 11.0. The smallest absolute Gasteiger partial charge is 0.222 e. The molecular formula is C18H19ClN4S. The number of nitrogens with one attached hydrogen (secondary N) is 2. The highest BCUT2D eigenvalue weighted by Crippen LogP contribution is 2.27. The van der Waals surface area contributed by atoms with Crippen molar-refractivity contribution in [3.8, 4) is 10.4 Å². The maximum atomic E-state index is 5.90. The minimum Gasteiger partial charge on any atom is -0.357 e. The first-order chi connectivity index (χ1) is 11.7. The van der Waals surface area contributed by atoms with Gasteiger partial charge in [0, 0.05) is 46.3 Å². The standard InChI is InChI=1S/C18H19ClN4S/c1-20-18-22-10-14(11-23-18)17-7-6-16(24-17)12-21-9-8-13-2-4-15(19)5-3-13/h2-7,10-11,21H,8-9,12H2,1H3,(H,20,22,23). The van der Waals surface area contributed by atoms with Crippen molar-refractivity contribution in [3.05, 3.63) is 64.3 Å². The lowest BCUT2D eigenvalue weighted by atomic mass is 10.1. The van der Waals surface area contributed by atoms with Gasteiger partial charge < -0.3 is 10.6 Å². The number of hydrogen-bond donors (Lipinski definition) is 2. The fourth-order valence-electron chi connectivity index (χ4n) is 2.31. The highest BCUT2D eigenvalue weighted by Gasteiger charge is 2.04. The Bertz CT molecular complexity index is 768. The summed E-state index contributed by atoms with van der Waals surface area (Å²) < 4.78 is 0. The van der Waals surface area contributed by atoms with Gasteiger partial charge in [-0.1, -0.05) is 23.7 Å². The largest absolute Gasteiger partial charge is 0.357 e. The molecule has 0 bridgehead atoms. The van der Waals surface area contributed by atoms with Crippen LogP contribution in [0.3, 0.4) is 0 Å². The Balaban J connectivity index is 1.49. The first kappa shape index (κ1) is 16.9. The Morgan fingerprint density at radius 2 is 1.79 bits per heavy atom. The molecule has 0 amide bonds. The lowest BCUT2D eigenvalue weighted by Gasteiger charge is -2.04. The van der Waals surface area contributed by atoms with Crippen molar-refractivity contribution in [1.29, 1.82) is 0 Å². The third-order valence-corrected chi connectivity index (χ3v) is 5.01. The van der Waals surface area contributed by atoms with Crippen LogP contribution in [-0.4, -0.2) is 23.6 Å². The van der Waals surface area contributed by atoms with Crippen molar-refractivity contribution in [2.45, 2.75) is 13.0 Å². The van der Waals surface area contributed by atoms with Gasteiger partial charge in [-0.05, 0) is 42.8 Å². The molecule has 6 heteroatoms. The van der Waals surface area contributed by atoms with Crippen LogP contribution in [-0.2, 0) is 13.0 Å². The summed E-state index contributed by atoms with van der Waals surface area (Å²) in [6, 6.07) is 12.3. The molecule has 1 aromatic carbocycles. The normalized spacial score (nSPS) is 10.8. The van der Waals surface area contributed by atoms with Gasteiger partial charge in [0.1, 0.15) is 0 Å².